The Bertz CT molecular complexity index is 679. The Balaban J connectivity index is 1.60. The van der Waals surface area contributed by atoms with Gasteiger partial charge in [0.25, 0.3) is 0 Å². The van der Waals surface area contributed by atoms with Crippen molar-refractivity contribution in [2.75, 3.05) is 13.1 Å². The Morgan fingerprint density at radius 3 is 2.29 bits per heavy atom. The molecule has 2 fully saturated rings. The van der Waals surface area contributed by atoms with Crippen LogP contribution in [0.1, 0.15) is 85.5 Å². The van der Waals surface area contributed by atoms with Crippen molar-refractivity contribution in [3.05, 3.63) is 24.3 Å². The molecule has 2 atom stereocenters. The monoisotopic (exact) mass is 430 g/mol. The SMILES string of the molecule is CC[C@@]1(NC(=O)C[C@@H](C2CCCC2)C2CCN(C(=O)OC(C)(C)C)CC2)C=CC=CC1. The first-order chi connectivity index (χ1) is 14.7. The molecule has 1 saturated heterocycles. The first-order valence-electron chi connectivity index (χ1n) is 12.3. The molecule has 0 radical (unpaired) electrons. The fraction of sp³-hybridized carbons (Fsp3) is 0.769. The van der Waals surface area contributed by atoms with Crippen LogP contribution in [0.15, 0.2) is 24.3 Å². The molecule has 1 N–H and O–H groups in total. The molecule has 1 aliphatic heterocycles. The fourth-order valence-corrected chi connectivity index (χ4v) is 5.59. The number of carbonyl (C=O) groups excluding carboxylic acids is 2. The minimum absolute atomic E-state index is 0.188. The summed E-state index contributed by atoms with van der Waals surface area (Å²) in [6.45, 7) is 9.34. The van der Waals surface area contributed by atoms with Gasteiger partial charge in [0.2, 0.25) is 5.91 Å². The molecule has 5 nitrogen and oxygen atoms in total. The van der Waals surface area contributed by atoms with E-state index >= 15 is 0 Å². The number of allylic oxidation sites excluding steroid dienone is 2. The van der Waals surface area contributed by atoms with E-state index in [1.54, 1.807) is 0 Å². The van der Waals surface area contributed by atoms with E-state index in [-0.39, 0.29) is 17.5 Å². The molecule has 2 amide bonds. The molecular weight excluding hydrogens is 388 g/mol. The largest absolute Gasteiger partial charge is 0.444 e. The summed E-state index contributed by atoms with van der Waals surface area (Å²) in [5, 5.41) is 3.37. The Kier molecular flexibility index (Phi) is 7.87. The molecule has 0 aromatic heterocycles. The van der Waals surface area contributed by atoms with Crippen LogP contribution in [0.2, 0.25) is 0 Å². The van der Waals surface area contributed by atoms with Crippen LogP contribution in [0.4, 0.5) is 4.79 Å². The van der Waals surface area contributed by atoms with Gasteiger partial charge in [-0.3, -0.25) is 4.79 Å². The molecule has 5 heteroatoms. The van der Waals surface area contributed by atoms with E-state index in [0.29, 0.717) is 24.2 Å². The summed E-state index contributed by atoms with van der Waals surface area (Å²) in [4.78, 5) is 27.4. The van der Waals surface area contributed by atoms with Crippen molar-refractivity contribution in [2.45, 2.75) is 96.6 Å². The van der Waals surface area contributed by atoms with Crippen LogP contribution in [-0.2, 0) is 9.53 Å². The number of nitrogens with one attached hydrogen (secondary N) is 1. The molecule has 1 saturated carbocycles. The summed E-state index contributed by atoms with van der Waals surface area (Å²) in [6, 6.07) is 0. The maximum atomic E-state index is 13.2. The van der Waals surface area contributed by atoms with Crippen molar-refractivity contribution in [2.24, 2.45) is 17.8 Å². The number of amides is 2. The minimum Gasteiger partial charge on any atom is -0.444 e. The highest BCUT2D eigenvalue weighted by atomic mass is 16.6. The van der Waals surface area contributed by atoms with E-state index < -0.39 is 5.60 Å². The second-order valence-corrected chi connectivity index (χ2v) is 10.8. The van der Waals surface area contributed by atoms with E-state index in [4.69, 9.17) is 4.74 Å². The third-order valence-corrected chi connectivity index (χ3v) is 7.39. The summed E-state index contributed by atoms with van der Waals surface area (Å²) in [7, 11) is 0. The Hall–Kier alpha value is -1.78. The van der Waals surface area contributed by atoms with Gasteiger partial charge in [-0.15, -0.1) is 0 Å². The van der Waals surface area contributed by atoms with Crippen molar-refractivity contribution >= 4 is 12.0 Å². The second-order valence-electron chi connectivity index (χ2n) is 10.8. The summed E-state index contributed by atoms with van der Waals surface area (Å²) in [6.07, 6.45) is 17.6. The summed E-state index contributed by atoms with van der Waals surface area (Å²) in [5.41, 5.74) is -0.692. The number of piperidine rings is 1. The van der Waals surface area contributed by atoms with Crippen LogP contribution in [-0.4, -0.2) is 41.1 Å². The number of carbonyl (C=O) groups is 2. The molecule has 31 heavy (non-hydrogen) atoms. The average Bonchev–Trinajstić information content (AvgIpc) is 3.26. The lowest BCUT2D eigenvalue weighted by Crippen LogP contribution is -2.48. The molecule has 1 heterocycles. The van der Waals surface area contributed by atoms with Gasteiger partial charge in [-0.2, -0.15) is 0 Å². The molecule has 0 aromatic carbocycles. The number of ether oxygens (including phenoxy) is 1. The third kappa shape index (κ3) is 6.60. The van der Waals surface area contributed by atoms with Crippen molar-refractivity contribution in [3.8, 4) is 0 Å². The van der Waals surface area contributed by atoms with Gasteiger partial charge >= 0.3 is 6.09 Å². The highest BCUT2D eigenvalue weighted by Crippen LogP contribution is 2.41. The Morgan fingerprint density at radius 2 is 1.74 bits per heavy atom. The molecule has 2 aliphatic carbocycles. The maximum Gasteiger partial charge on any atom is 0.410 e. The van der Waals surface area contributed by atoms with E-state index in [1.807, 2.05) is 31.7 Å². The zero-order valence-electron chi connectivity index (χ0n) is 20.0. The maximum absolute atomic E-state index is 13.2. The van der Waals surface area contributed by atoms with E-state index in [9.17, 15) is 9.59 Å². The number of hydrogen-bond acceptors (Lipinski definition) is 3. The standard InChI is InChI=1S/C26H42N2O3/c1-5-26(15-9-6-10-16-26)27-23(29)19-22(20-11-7-8-12-20)21-13-17-28(18-14-21)24(30)31-25(2,3)4/h6,9-10,15,20-22H,5,7-8,11-14,16-19H2,1-4H3,(H,27,29)/t22-,26+/m0/s1. The first-order valence-corrected chi connectivity index (χ1v) is 12.3. The van der Waals surface area contributed by atoms with Gasteiger partial charge in [-0.25, -0.2) is 4.79 Å². The first kappa shape index (κ1) is 23.9. The molecule has 0 aromatic rings. The van der Waals surface area contributed by atoms with Crippen LogP contribution >= 0.6 is 0 Å². The van der Waals surface area contributed by atoms with Gasteiger partial charge in [0, 0.05) is 19.5 Å². The van der Waals surface area contributed by atoms with Gasteiger partial charge < -0.3 is 15.0 Å². The zero-order chi connectivity index (χ0) is 22.5. The normalized spacial score (nSPS) is 26.1. The van der Waals surface area contributed by atoms with Gasteiger partial charge in [0.05, 0.1) is 5.54 Å². The van der Waals surface area contributed by atoms with E-state index in [2.05, 4.69) is 30.5 Å². The molecule has 174 valence electrons. The Labute approximate surface area is 188 Å². The quantitative estimate of drug-likeness (QED) is 0.596. The lowest BCUT2D eigenvalue weighted by Gasteiger charge is -2.39. The lowest BCUT2D eigenvalue weighted by atomic mass is 9.74. The number of nitrogens with zero attached hydrogens (tertiary/aromatic N) is 1. The summed E-state index contributed by atoms with van der Waals surface area (Å²) < 4.78 is 5.56. The summed E-state index contributed by atoms with van der Waals surface area (Å²) >= 11 is 0. The van der Waals surface area contributed by atoms with Gasteiger partial charge in [-0.05, 0) is 64.2 Å². The van der Waals surface area contributed by atoms with E-state index in [0.717, 1.165) is 38.8 Å². The highest BCUT2D eigenvalue weighted by Gasteiger charge is 2.37. The molecule has 3 aliphatic rings. The van der Waals surface area contributed by atoms with Gasteiger partial charge in [0.1, 0.15) is 5.60 Å². The third-order valence-electron chi connectivity index (χ3n) is 7.39. The van der Waals surface area contributed by atoms with Gasteiger partial charge in [0.15, 0.2) is 0 Å². The van der Waals surface area contributed by atoms with E-state index in [1.165, 1.54) is 25.7 Å². The predicted molar refractivity (Wildman–Crippen MR) is 125 cm³/mol. The average molecular weight is 431 g/mol. The Morgan fingerprint density at radius 1 is 1.10 bits per heavy atom. The highest BCUT2D eigenvalue weighted by molar-refractivity contribution is 5.77. The molecule has 3 rings (SSSR count). The smallest absolute Gasteiger partial charge is 0.410 e. The van der Waals surface area contributed by atoms with Crippen LogP contribution < -0.4 is 5.32 Å². The van der Waals surface area contributed by atoms with Gasteiger partial charge in [-0.1, -0.05) is 56.9 Å². The van der Waals surface area contributed by atoms with Crippen LogP contribution in [0.5, 0.6) is 0 Å². The number of rotatable bonds is 6. The predicted octanol–water partition coefficient (Wildman–Crippen LogP) is 5.61. The zero-order valence-corrected chi connectivity index (χ0v) is 20.0. The van der Waals surface area contributed by atoms with Crippen molar-refractivity contribution < 1.29 is 14.3 Å². The number of hydrogen-bond donors (Lipinski definition) is 1. The topological polar surface area (TPSA) is 58.6 Å². The second kappa shape index (κ2) is 10.2. The van der Waals surface area contributed by atoms with Crippen LogP contribution in [0.3, 0.4) is 0 Å². The molecule has 0 bridgehead atoms. The van der Waals surface area contributed by atoms with Crippen LogP contribution in [0.25, 0.3) is 0 Å². The van der Waals surface area contributed by atoms with Crippen molar-refractivity contribution in [1.82, 2.24) is 10.2 Å². The number of likely N-dealkylation sites (tertiary alicyclic amines) is 1. The fourth-order valence-electron chi connectivity index (χ4n) is 5.59. The summed E-state index contributed by atoms with van der Waals surface area (Å²) in [5.74, 6) is 1.75. The molecule has 0 unspecified atom stereocenters. The van der Waals surface area contributed by atoms with Crippen LogP contribution in [0, 0.1) is 17.8 Å². The minimum atomic E-state index is -0.462. The van der Waals surface area contributed by atoms with Crippen molar-refractivity contribution in [1.29, 1.82) is 0 Å². The molecule has 0 spiro atoms. The van der Waals surface area contributed by atoms with Crippen molar-refractivity contribution in [3.63, 3.8) is 0 Å². The molecular formula is C26H42N2O3. The lowest BCUT2D eigenvalue weighted by molar-refractivity contribution is -0.124.